The highest BCUT2D eigenvalue weighted by Gasteiger charge is 2.14. The lowest BCUT2D eigenvalue weighted by Crippen LogP contribution is -1.96. The molecule has 2 N–H and O–H groups in total. The summed E-state index contributed by atoms with van der Waals surface area (Å²) in [4.78, 5) is 15.6. The second-order valence-electron chi connectivity index (χ2n) is 5.67. The molecule has 132 valence electrons. The van der Waals surface area contributed by atoms with Crippen LogP contribution in [0.3, 0.4) is 0 Å². The van der Waals surface area contributed by atoms with E-state index >= 15 is 0 Å². The molecule has 0 bridgehead atoms. The molecule has 0 unspecified atom stereocenters. The Balaban J connectivity index is 1.54. The molecule has 0 saturated heterocycles. The number of thiophene rings is 1. The van der Waals surface area contributed by atoms with E-state index in [0.717, 1.165) is 25.8 Å². The van der Waals surface area contributed by atoms with Gasteiger partial charge in [0.25, 0.3) is 0 Å². The van der Waals surface area contributed by atoms with Crippen molar-refractivity contribution < 1.29 is 4.52 Å². The van der Waals surface area contributed by atoms with E-state index in [0.29, 0.717) is 28.4 Å². The quantitative estimate of drug-likeness (QED) is 0.347. The Morgan fingerprint density at radius 1 is 1.23 bits per heavy atom. The molecule has 4 aromatic rings. The molecule has 26 heavy (non-hydrogen) atoms. The standard InChI is InChI=1S/C17H14BrN5OS2/c1-8-9(2)26-16-13(8)14(19)21-17(22-16)25-7-12-20-15(23-24-12)10-4-3-5-11(18)6-10/h3-6H,7H2,1-2H3,(H2,19,21,22). The van der Waals surface area contributed by atoms with Gasteiger partial charge in [-0.05, 0) is 31.5 Å². The van der Waals surface area contributed by atoms with Crippen molar-refractivity contribution in [2.75, 3.05) is 5.73 Å². The maximum Gasteiger partial charge on any atom is 0.237 e. The predicted octanol–water partition coefficient (Wildman–Crippen LogP) is 5.00. The Morgan fingerprint density at radius 2 is 2.08 bits per heavy atom. The lowest BCUT2D eigenvalue weighted by atomic mass is 10.2. The average Bonchev–Trinajstić information content (AvgIpc) is 3.18. The zero-order valence-electron chi connectivity index (χ0n) is 14.0. The van der Waals surface area contributed by atoms with Crippen molar-refractivity contribution in [2.24, 2.45) is 0 Å². The highest BCUT2D eigenvalue weighted by molar-refractivity contribution is 9.10. The van der Waals surface area contributed by atoms with Gasteiger partial charge in [0.2, 0.25) is 11.7 Å². The van der Waals surface area contributed by atoms with Gasteiger partial charge in [0.1, 0.15) is 10.6 Å². The van der Waals surface area contributed by atoms with Crippen LogP contribution in [0.15, 0.2) is 38.4 Å². The molecular formula is C17H14BrN5OS2. The molecule has 0 amide bonds. The molecule has 0 aliphatic heterocycles. The van der Waals surface area contributed by atoms with Crippen molar-refractivity contribution in [1.29, 1.82) is 0 Å². The number of anilines is 1. The summed E-state index contributed by atoms with van der Waals surface area (Å²) in [7, 11) is 0. The Morgan fingerprint density at radius 3 is 2.88 bits per heavy atom. The third kappa shape index (κ3) is 3.34. The first-order valence-corrected chi connectivity index (χ1v) is 10.4. The van der Waals surface area contributed by atoms with Crippen LogP contribution in [0, 0.1) is 13.8 Å². The van der Waals surface area contributed by atoms with Gasteiger partial charge in [0.15, 0.2) is 5.16 Å². The van der Waals surface area contributed by atoms with Crippen LogP contribution in [0.4, 0.5) is 5.82 Å². The first-order chi connectivity index (χ1) is 12.5. The fraction of sp³-hybridized carbons (Fsp3) is 0.176. The van der Waals surface area contributed by atoms with Gasteiger partial charge in [0, 0.05) is 14.9 Å². The zero-order valence-corrected chi connectivity index (χ0v) is 17.2. The number of aromatic nitrogens is 4. The second kappa shape index (κ2) is 6.98. The summed E-state index contributed by atoms with van der Waals surface area (Å²) in [5.41, 5.74) is 8.16. The van der Waals surface area contributed by atoms with E-state index < -0.39 is 0 Å². The number of halogens is 1. The molecule has 0 saturated carbocycles. The number of fused-ring (bicyclic) bond motifs is 1. The minimum Gasteiger partial charge on any atom is -0.383 e. The van der Waals surface area contributed by atoms with Crippen LogP contribution >= 0.6 is 39.0 Å². The Labute approximate surface area is 166 Å². The van der Waals surface area contributed by atoms with Crippen LogP contribution in [0.5, 0.6) is 0 Å². The van der Waals surface area contributed by atoms with Gasteiger partial charge in [-0.15, -0.1) is 11.3 Å². The molecule has 0 radical (unpaired) electrons. The van der Waals surface area contributed by atoms with Gasteiger partial charge in [-0.2, -0.15) is 4.98 Å². The van der Waals surface area contributed by atoms with Crippen molar-refractivity contribution in [2.45, 2.75) is 24.8 Å². The largest absolute Gasteiger partial charge is 0.383 e. The number of nitrogens with zero attached hydrogens (tertiary/aromatic N) is 4. The monoisotopic (exact) mass is 447 g/mol. The van der Waals surface area contributed by atoms with Gasteiger partial charge in [-0.25, -0.2) is 9.97 Å². The molecule has 4 rings (SSSR count). The first-order valence-electron chi connectivity index (χ1n) is 7.76. The normalized spacial score (nSPS) is 11.3. The van der Waals surface area contributed by atoms with E-state index in [1.807, 2.05) is 31.2 Å². The number of nitrogens with two attached hydrogens (primary N) is 1. The number of thioether (sulfide) groups is 1. The first kappa shape index (κ1) is 17.4. The lowest BCUT2D eigenvalue weighted by Gasteiger charge is -2.01. The van der Waals surface area contributed by atoms with Crippen molar-refractivity contribution in [3.8, 4) is 11.4 Å². The van der Waals surface area contributed by atoms with Gasteiger partial charge < -0.3 is 10.3 Å². The third-order valence-electron chi connectivity index (χ3n) is 3.91. The summed E-state index contributed by atoms with van der Waals surface area (Å²) >= 11 is 6.50. The van der Waals surface area contributed by atoms with Crippen LogP contribution in [0.2, 0.25) is 0 Å². The third-order valence-corrected chi connectivity index (χ3v) is 6.34. The topological polar surface area (TPSA) is 90.7 Å². The van der Waals surface area contributed by atoms with Gasteiger partial charge in [-0.1, -0.05) is 45.0 Å². The maximum atomic E-state index is 6.12. The molecule has 0 atom stereocenters. The predicted molar refractivity (Wildman–Crippen MR) is 108 cm³/mol. The molecular weight excluding hydrogens is 434 g/mol. The summed E-state index contributed by atoms with van der Waals surface area (Å²) in [5, 5.41) is 5.60. The van der Waals surface area contributed by atoms with Crippen LogP contribution in [-0.2, 0) is 5.75 Å². The van der Waals surface area contributed by atoms with E-state index in [-0.39, 0.29) is 0 Å². The van der Waals surface area contributed by atoms with Crippen molar-refractivity contribution in [3.05, 3.63) is 45.1 Å². The number of nitrogen functional groups attached to an aromatic ring is 1. The highest BCUT2D eigenvalue weighted by atomic mass is 79.9. The summed E-state index contributed by atoms with van der Waals surface area (Å²) < 4.78 is 6.31. The molecule has 0 aliphatic rings. The van der Waals surface area contributed by atoms with Gasteiger partial charge >= 0.3 is 0 Å². The molecule has 3 aromatic heterocycles. The smallest absolute Gasteiger partial charge is 0.237 e. The minimum atomic E-state index is 0.481. The molecule has 6 nitrogen and oxygen atoms in total. The summed E-state index contributed by atoms with van der Waals surface area (Å²) in [6, 6.07) is 7.76. The Hall–Kier alpha value is -1.97. The molecule has 3 heterocycles. The van der Waals surface area contributed by atoms with Crippen LogP contribution in [0.1, 0.15) is 16.3 Å². The highest BCUT2D eigenvalue weighted by Crippen LogP contribution is 2.34. The van der Waals surface area contributed by atoms with Crippen LogP contribution < -0.4 is 5.73 Å². The Kier molecular flexibility index (Phi) is 4.68. The Bertz CT molecular complexity index is 1110. The van der Waals surface area contributed by atoms with Crippen LogP contribution in [-0.4, -0.2) is 20.1 Å². The van der Waals surface area contributed by atoms with Gasteiger partial charge in [-0.3, -0.25) is 0 Å². The number of rotatable bonds is 4. The van der Waals surface area contributed by atoms with Crippen molar-refractivity contribution in [3.63, 3.8) is 0 Å². The van der Waals surface area contributed by atoms with E-state index in [1.54, 1.807) is 11.3 Å². The molecule has 0 fully saturated rings. The SMILES string of the molecule is Cc1sc2nc(SCc3nc(-c4cccc(Br)c4)no3)nc(N)c2c1C. The minimum absolute atomic E-state index is 0.481. The van der Waals surface area contributed by atoms with Crippen molar-refractivity contribution in [1.82, 2.24) is 20.1 Å². The average molecular weight is 448 g/mol. The van der Waals surface area contributed by atoms with Gasteiger partial charge in [0.05, 0.1) is 11.1 Å². The lowest BCUT2D eigenvalue weighted by molar-refractivity contribution is 0.391. The van der Waals surface area contributed by atoms with E-state index in [4.69, 9.17) is 10.3 Å². The number of aryl methyl sites for hydroxylation is 2. The van der Waals surface area contributed by atoms with E-state index in [1.165, 1.54) is 16.6 Å². The van der Waals surface area contributed by atoms with E-state index in [2.05, 4.69) is 43.0 Å². The summed E-state index contributed by atoms with van der Waals surface area (Å²) in [5.74, 6) is 2.07. The molecule has 1 aromatic carbocycles. The maximum absolute atomic E-state index is 6.12. The number of benzene rings is 1. The molecule has 0 spiro atoms. The number of hydrogen-bond donors (Lipinski definition) is 1. The fourth-order valence-electron chi connectivity index (χ4n) is 2.51. The zero-order chi connectivity index (χ0) is 18.3. The second-order valence-corrected chi connectivity index (χ2v) is 8.73. The van der Waals surface area contributed by atoms with Crippen LogP contribution in [0.25, 0.3) is 21.6 Å². The molecule has 0 aliphatic carbocycles. The van der Waals surface area contributed by atoms with Crippen molar-refractivity contribution >= 4 is 55.1 Å². The van der Waals surface area contributed by atoms with E-state index in [9.17, 15) is 0 Å². The fourth-order valence-corrected chi connectivity index (χ4v) is 4.69. The summed E-state index contributed by atoms with van der Waals surface area (Å²) in [6.07, 6.45) is 0. The summed E-state index contributed by atoms with van der Waals surface area (Å²) in [6.45, 7) is 4.11. The molecule has 9 heteroatoms. The number of hydrogen-bond acceptors (Lipinski definition) is 8.